The Morgan fingerprint density at radius 3 is 2.94 bits per heavy atom. The highest BCUT2D eigenvalue weighted by Crippen LogP contribution is 2.24. The number of amides is 1. The highest BCUT2D eigenvalue weighted by Gasteiger charge is 2.13. The summed E-state index contributed by atoms with van der Waals surface area (Å²) in [5.41, 5.74) is 1.07. The molecule has 1 N–H and O–H groups in total. The van der Waals surface area contributed by atoms with Crippen molar-refractivity contribution in [2.75, 3.05) is 5.32 Å². The van der Waals surface area contributed by atoms with Crippen LogP contribution in [0, 0.1) is 14.9 Å². The minimum absolute atomic E-state index is 0.209. The molecule has 90 valence electrons. The fraction of sp³-hybridized carbons (Fsp3) is 0. The van der Waals surface area contributed by atoms with Gasteiger partial charge in [0.25, 0.3) is 5.91 Å². The highest BCUT2D eigenvalue weighted by atomic mass is 127. The van der Waals surface area contributed by atoms with E-state index in [1.807, 2.05) is 18.2 Å². The van der Waals surface area contributed by atoms with E-state index < -0.39 is 0 Å². The molecule has 1 heterocycles. The molecule has 0 radical (unpaired) electrons. The summed E-state index contributed by atoms with van der Waals surface area (Å²) in [6.07, 6.45) is 0. The van der Waals surface area contributed by atoms with Gasteiger partial charge in [0, 0.05) is 8.04 Å². The van der Waals surface area contributed by atoms with Crippen molar-refractivity contribution in [2.45, 2.75) is 0 Å². The second kappa shape index (κ2) is 5.82. The minimum atomic E-state index is -0.209. The van der Waals surface area contributed by atoms with E-state index in [1.54, 1.807) is 17.5 Å². The van der Waals surface area contributed by atoms with E-state index in [1.165, 1.54) is 11.3 Å². The SMILES string of the molecule is N#Cc1ccsc1NC(=O)c1cc(Br)ccc1I. The van der Waals surface area contributed by atoms with Crippen LogP contribution in [0.1, 0.15) is 15.9 Å². The second-order valence-corrected chi connectivity index (χ2v) is 6.35. The number of anilines is 1. The monoisotopic (exact) mass is 432 g/mol. The molecule has 0 aliphatic carbocycles. The third kappa shape index (κ3) is 2.91. The lowest BCUT2D eigenvalue weighted by atomic mass is 10.2. The Balaban J connectivity index is 2.28. The number of nitrogens with zero attached hydrogens (tertiary/aromatic N) is 1. The van der Waals surface area contributed by atoms with Gasteiger partial charge in [0.05, 0.1) is 11.1 Å². The molecule has 0 spiro atoms. The van der Waals surface area contributed by atoms with Crippen LogP contribution in [-0.4, -0.2) is 5.91 Å². The van der Waals surface area contributed by atoms with Gasteiger partial charge in [-0.25, -0.2) is 0 Å². The van der Waals surface area contributed by atoms with Crippen molar-refractivity contribution >= 4 is 60.8 Å². The minimum Gasteiger partial charge on any atom is -0.312 e. The standard InChI is InChI=1S/C12H6BrIN2OS/c13-8-1-2-10(14)9(5-8)11(17)16-12-7(6-15)3-4-18-12/h1-5H,(H,16,17). The molecule has 0 unspecified atom stereocenters. The maximum atomic E-state index is 12.1. The summed E-state index contributed by atoms with van der Waals surface area (Å²) >= 11 is 6.78. The molecule has 1 aromatic heterocycles. The summed E-state index contributed by atoms with van der Waals surface area (Å²) in [5, 5.41) is 14.0. The normalized spacial score (nSPS) is 9.83. The zero-order chi connectivity index (χ0) is 13.1. The van der Waals surface area contributed by atoms with Crippen molar-refractivity contribution in [3.8, 4) is 6.07 Å². The lowest BCUT2D eigenvalue weighted by Crippen LogP contribution is -2.13. The predicted molar refractivity (Wildman–Crippen MR) is 83.8 cm³/mol. The van der Waals surface area contributed by atoms with Gasteiger partial charge >= 0.3 is 0 Å². The van der Waals surface area contributed by atoms with Crippen molar-refractivity contribution in [2.24, 2.45) is 0 Å². The summed E-state index contributed by atoms with van der Waals surface area (Å²) in [7, 11) is 0. The summed E-state index contributed by atoms with van der Waals surface area (Å²) in [6, 6.07) is 9.23. The Morgan fingerprint density at radius 1 is 1.44 bits per heavy atom. The molecule has 2 rings (SSSR count). The van der Waals surface area contributed by atoms with Gasteiger partial charge in [-0.1, -0.05) is 15.9 Å². The lowest BCUT2D eigenvalue weighted by molar-refractivity contribution is 0.102. The first kappa shape index (κ1) is 13.5. The average molecular weight is 433 g/mol. The lowest BCUT2D eigenvalue weighted by Gasteiger charge is -2.06. The molecule has 0 fully saturated rings. The summed E-state index contributed by atoms with van der Waals surface area (Å²) in [4.78, 5) is 12.1. The number of nitrogens with one attached hydrogen (secondary N) is 1. The van der Waals surface area contributed by atoms with Crippen LogP contribution in [-0.2, 0) is 0 Å². The molecule has 0 saturated carbocycles. The topological polar surface area (TPSA) is 52.9 Å². The summed E-state index contributed by atoms with van der Waals surface area (Å²) in [5.74, 6) is -0.209. The van der Waals surface area contributed by atoms with Gasteiger partial charge in [0.15, 0.2) is 0 Å². The van der Waals surface area contributed by atoms with E-state index >= 15 is 0 Å². The van der Waals surface area contributed by atoms with Gasteiger partial charge in [0.1, 0.15) is 11.1 Å². The highest BCUT2D eigenvalue weighted by molar-refractivity contribution is 14.1. The van der Waals surface area contributed by atoms with Crippen LogP contribution in [0.3, 0.4) is 0 Å². The Morgan fingerprint density at radius 2 is 2.22 bits per heavy atom. The Kier molecular flexibility index (Phi) is 4.37. The van der Waals surface area contributed by atoms with Crippen molar-refractivity contribution < 1.29 is 4.79 Å². The van der Waals surface area contributed by atoms with Gasteiger partial charge < -0.3 is 5.32 Å². The Bertz CT molecular complexity index is 648. The average Bonchev–Trinajstić information content (AvgIpc) is 2.79. The first-order chi connectivity index (χ1) is 8.61. The van der Waals surface area contributed by atoms with Gasteiger partial charge in [-0.2, -0.15) is 5.26 Å². The molecular formula is C12H6BrIN2OS. The molecular weight excluding hydrogens is 427 g/mol. The number of halogens is 2. The van der Waals surface area contributed by atoms with Crippen LogP contribution in [0.15, 0.2) is 34.1 Å². The van der Waals surface area contributed by atoms with Crippen molar-refractivity contribution in [3.63, 3.8) is 0 Å². The molecule has 6 heteroatoms. The Labute approximate surface area is 130 Å². The fourth-order valence-corrected chi connectivity index (χ4v) is 3.01. The van der Waals surface area contributed by atoms with Crippen molar-refractivity contribution in [1.82, 2.24) is 0 Å². The molecule has 0 aliphatic rings. The smallest absolute Gasteiger partial charge is 0.257 e. The molecule has 18 heavy (non-hydrogen) atoms. The molecule has 0 atom stereocenters. The van der Waals surface area contributed by atoms with Crippen LogP contribution in [0.2, 0.25) is 0 Å². The molecule has 1 amide bonds. The van der Waals surface area contributed by atoms with Crippen molar-refractivity contribution in [1.29, 1.82) is 5.26 Å². The molecule has 0 bridgehead atoms. The number of thiophene rings is 1. The van der Waals surface area contributed by atoms with E-state index in [0.29, 0.717) is 16.1 Å². The van der Waals surface area contributed by atoms with Gasteiger partial charge in [-0.15, -0.1) is 11.3 Å². The number of carbonyl (C=O) groups is 1. The van der Waals surface area contributed by atoms with Crippen LogP contribution < -0.4 is 5.32 Å². The summed E-state index contributed by atoms with van der Waals surface area (Å²) < 4.78 is 1.71. The third-order valence-electron chi connectivity index (χ3n) is 2.19. The van der Waals surface area contributed by atoms with Crippen LogP contribution in [0.5, 0.6) is 0 Å². The van der Waals surface area contributed by atoms with Crippen LogP contribution in [0.4, 0.5) is 5.00 Å². The number of carbonyl (C=O) groups excluding carboxylic acids is 1. The first-order valence-corrected chi connectivity index (χ1v) is 7.61. The number of rotatable bonds is 2. The quantitative estimate of drug-likeness (QED) is 0.721. The van der Waals surface area contributed by atoms with E-state index in [9.17, 15) is 4.79 Å². The second-order valence-electron chi connectivity index (χ2n) is 3.35. The maximum Gasteiger partial charge on any atom is 0.257 e. The molecule has 1 aromatic carbocycles. The van der Waals surface area contributed by atoms with E-state index in [4.69, 9.17) is 5.26 Å². The molecule has 0 saturated heterocycles. The van der Waals surface area contributed by atoms with Crippen LogP contribution >= 0.6 is 49.9 Å². The van der Waals surface area contributed by atoms with Crippen LogP contribution in [0.25, 0.3) is 0 Å². The molecule has 2 aromatic rings. The zero-order valence-corrected chi connectivity index (χ0v) is 13.5. The molecule has 3 nitrogen and oxygen atoms in total. The van der Waals surface area contributed by atoms with Gasteiger partial charge in [-0.3, -0.25) is 4.79 Å². The molecule has 0 aliphatic heterocycles. The van der Waals surface area contributed by atoms with E-state index in [2.05, 4.69) is 43.8 Å². The van der Waals surface area contributed by atoms with Crippen molar-refractivity contribution in [3.05, 3.63) is 48.8 Å². The van der Waals surface area contributed by atoms with E-state index in [-0.39, 0.29) is 5.91 Å². The van der Waals surface area contributed by atoms with Gasteiger partial charge in [-0.05, 0) is 52.2 Å². The Hall–Kier alpha value is -0.910. The van der Waals surface area contributed by atoms with E-state index in [0.717, 1.165) is 8.04 Å². The maximum absolute atomic E-state index is 12.1. The third-order valence-corrected chi connectivity index (χ3v) is 4.45. The number of benzene rings is 1. The number of nitriles is 1. The van der Waals surface area contributed by atoms with Gasteiger partial charge in [0.2, 0.25) is 0 Å². The number of hydrogen-bond donors (Lipinski definition) is 1. The number of hydrogen-bond acceptors (Lipinski definition) is 3. The zero-order valence-electron chi connectivity index (χ0n) is 8.91. The first-order valence-electron chi connectivity index (χ1n) is 4.86. The summed E-state index contributed by atoms with van der Waals surface area (Å²) in [6.45, 7) is 0. The fourth-order valence-electron chi connectivity index (χ4n) is 1.34. The largest absolute Gasteiger partial charge is 0.312 e. The predicted octanol–water partition coefficient (Wildman–Crippen LogP) is 4.24.